The van der Waals surface area contributed by atoms with Gasteiger partial charge in [-0.2, -0.15) is 0 Å². The maximum Gasteiger partial charge on any atom is 0.0376 e. The molecule has 1 unspecified atom stereocenters. The third-order valence-electron chi connectivity index (χ3n) is 4.10. The maximum atomic E-state index is 3.52. The van der Waals surface area contributed by atoms with Gasteiger partial charge < -0.3 is 5.32 Å². The van der Waals surface area contributed by atoms with Crippen LogP contribution < -0.4 is 5.32 Å². The molecule has 0 aromatic heterocycles. The number of nitrogens with one attached hydrogen (secondary N) is 1. The molecule has 1 atom stereocenters. The molecule has 1 heterocycles. The first-order valence-corrected chi connectivity index (χ1v) is 7.74. The first-order valence-electron chi connectivity index (χ1n) is 7.74. The molecule has 1 aromatic rings. The second-order valence-electron chi connectivity index (χ2n) is 5.58. The average molecular weight is 245 g/mol. The van der Waals surface area contributed by atoms with Crippen LogP contribution in [0.1, 0.15) is 69.8 Å². The molecule has 18 heavy (non-hydrogen) atoms. The van der Waals surface area contributed by atoms with Gasteiger partial charge in [-0.3, -0.25) is 0 Å². The lowest BCUT2D eigenvalue weighted by molar-refractivity contribution is 0.549. The van der Waals surface area contributed by atoms with Crippen molar-refractivity contribution in [1.82, 2.24) is 0 Å². The normalized spacial score (nSPS) is 17.5. The van der Waals surface area contributed by atoms with Crippen LogP contribution in [0.3, 0.4) is 0 Å². The second-order valence-corrected chi connectivity index (χ2v) is 5.58. The van der Waals surface area contributed by atoms with Gasteiger partial charge >= 0.3 is 0 Å². The minimum atomic E-state index is 0.761. The van der Waals surface area contributed by atoms with Crippen LogP contribution in [0, 0.1) is 0 Å². The van der Waals surface area contributed by atoms with E-state index >= 15 is 0 Å². The van der Waals surface area contributed by atoms with E-state index < -0.39 is 0 Å². The van der Waals surface area contributed by atoms with Crippen molar-refractivity contribution in [3.8, 4) is 0 Å². The summed E-state index contributed by atoms with van der Waals surface area (Å²) in [5.74, 6) is 0.761. The fourth-order valence-corrected chi connectivity index (χ4v) is 2.96. The molecule has 1 aliphatic rings. The van der Waals surface area contributed by atoms with E-state index in [4.69, 9.17) is 0 Å². The highest BCUT2D eigenvalue weighted by Gasteiger charge is 2.20. The Morgan fingerprint density at radius 2 is 1.72 bits per heavy atom. The topological polar surface area (TPSA) is 12.0 Å². The molecule has 0 bridgehead atoms. The van der Waals surface area contributed by atoms with E-state index in [1.165, 1.54) is 57.1 Å². The molecule has 1 aromatic carbocycles. The van der Waals surface area contributed by atoms with Gasteiger partial charge in [-0.05, 0) is 18.1 Å². The van der Waals surface area contributed by atoms with Crippen molar-refractivity contribution in [2.75, 3.05) is 11.9 Å². The van der Waals surface area contributed by atoms with Crippen molar-refractivity contribution in [3.05, 3.63) is 29.8 Å². The first kappa shape index (κ1) is 13.5. The van der Waals surface area contributed by atoms with Gasteiger partial charge in [0.2, 0.25) is 0 Å². The van der Waals surface area contributed by atoms with Crippen molar-refractivity contribution in [1.29, 1.82) is 0 Å². The van der Waals surface area contributed by atoms with Crippen molar-refractivity contribution < 1.29 is 0 Å². The number of fused-ring (bicyclic) bond motifs is 1. The van der Waals surface area contributed by atoms with Crippen molar-refractivity contribution in [3.63, 3.8) is 0 Å². The standard InChI is InChI=1S/C17H27N/c1-2-3-4-5-6-7-8-11-15-14-18-17-13-10-9-12-16(15)17/h9-10,12-13,15,18H,2-8,11,14H2,1H3. The molecule has 0 saturated heterocycles. The quantitative estimate of drug-likeness (QED) is 0.610. The van der Waals surface area contributed by atoms with Gasteiger partial charge in [-0.1, -0.05) is 70.1 Å². The molecular weight excluding hydrogens is 218 g/mol. The maximum absolute atomic E-state index is 3.52. The van der Waals surface area contributed by atoms with Gasteiger partial charge in [0, 0.05) is 18.2 Å². The summed E-state index contributed by atoms with van der Waals surface area (Å²) in [6.07, 6.45) is 11.2. The Bertz CT molecular complexity index is 345. The number of anilines is 1. The van der Waals surface area contributed by atoms with E-state index in [1.54, 1.807) is 5.56 Å². The predicted octanol–water partition coefficient (Wildman–Crippen LogP) is 5.34. The average Bonchev–Trinajstić information content (AvgIpc) is 2.81. The fraction of sp³-hybridized carbons (Fsp3) is 0.647. The van der Waals surface area contributed by atoms with Crippen LogP contribution in [0.15, 0.2) is 24.3 Å². The number of unbranched alkanes of at least 4 members (excludes halogenated alkanes) is 6. The Kier molecular flexibility index (Phi) is 5.57. The summed E-state index contributed by atoms with van der Waals surface area (Å²) >= 11 is 0. The molecule has 2 rings (SSSR count). The smallest absolute Gasteiger partial charge is 0.0376 e. The summed E-state index contributed by atoms with van der Waals surface area (Å²) in [4.78, 5) is 0. The van der Waals surface area contributed by atoms with Crippen LogP contribution in [0.25, 0.3) is 0 Å². The Morgan fingerprint density at radius 1 is 1.00 bits per heavy atom. The van der Waals surface area contributed by atoms with Crippen LogP contribution >= 0.6 is 0 Å². The van der Waals surface area contributed by atoms with Gasteiger partial charge in [-0.15, -0.1) is 0 Å². The van der Waals surface area contributed by atoms with Crippen LogP contribution in [0.4, 0.5) is 5.69 Å². The molecule has 1 N–H and O–H groups in total. The lowest BCUT2D eigenvalue weighted by atomic mass is 9.95. The first-order chi connectivity index (χ1) is 8.92. The fourth-order valence-electron chi connectivity index (χ4n) is 2.96. The van der Waals surface area contributed by atoms with Crippen LogP contribution in [0.5, 0.6) is 0 Å². The molecule has 0 aliphatic carbocycles. The van der Waals surface area contributed by atoms with Gasteiger partial charge in [0.25, 0.3) is 0 Å². The summed E-state index contributed by atoms with van der Waals surface area (Å²) in [6, 6.07) is 8.80. The monoisotopic (exact) mass is 245 g/mol. The molecule has 0 spiro atoms. The molecule has 1 heteroatoms. The van der Waals surface area contributed by atoms with Crippen LogP contribution in [-0.2, 0) is 0 Å². The zero-order valence-electron chi connectivity index (χ0n) is 11.8. The highest BCUT2D eigenvalue weighted by Crippen LogP contribution is 2.34. The van der Waals surface area contributed by atoms with E-state index in [1.807, 2.05) is 0 Å². The molecule has 1 nitrogen and oxygen atoms in total. The van der Waals surface area contributed by atoms with Crippen molar-refractivity contribution in [2.45, 2.75) is 64.2 Å². The molecule has 0 fully saturated rings. The van der Waals surface area contributed by atoms with Crippen molar-refractivity contribution >= 4 is 5.69 Å². The minimum Gasteiger partial charge on any atom is -0.384 e. The number of hydrogen-bond donors (Lipinski definition) is 1. The lowest BCUT2D eigenvalue weighted by Crippen LogP contribution is -2.01. The molecular formula is C17H27N. The summed E-state index contributed by atoms with van der Waals surface area (Å²) in [5, 5.41) is 3.52. The zero-order chi connectivity index (χ0) is 12.6. The highest BCUT2D eigenvalue weighted by atomic mass is 14.9. The Morgan fingerprint density at radius 3 is 2.56 bits per heavy atom. The lowest BCUT2D eigenvalue weighted by Gasteiger charge is -2.09. The Balaban J connectivity index is 1.61. The highest BCUT2D eigenvalue weighted by molar-refractivity contribution is 5.57. The molecule has 0 saturated carbocycles. The largest absolute Gasteiger partial charge is 0.384 e. The molecule has 0 amide bonds. The third-order valence-corrected chi connectivity index (χ3v) is 4.10. The van der Waals surface area contributed by atoms with Gasteiger partial charge in [-0.25, -0.2) is 0 Å². The number of benzene rings is 1. The van der Waals surface area contributed by atoms with E-state index in [-0.39, 0.29) is 0 Å². The third kappa shape index (κ3) is 3.76. The van der Waals surface area contributed by atoms with Gasteiger partial charge in [0.05, 0.1) is 0 Å². The van der Waals surface area contributed by atoms with E-state index in [2.05, 4.69) is 36.5 Å². The Hall–Kier alpha value is -0.980. The second kappa shape index (κ2) is 7.45. The predicted molar refractivity (Wildman–Crippen MR) is 80.3 cm³/mol. The van der Waals surface area contributed by atoms with E-state index in [0.29, 0.717) is 0 Å². The summed E-state index contributed by atoms with van der Waals surface area (Å²) in [7, 11) is 0. The Labute approximate surface area is 112 Å². The molecule has 0 radical (unpaired) electrons. The number of para-hydroxylation sites is 1. The molecule has 1 aliphatic heterocycles. The van der Waals surface area contributed by atoms with Gasteiger partial charge in [0.1, 0.15) is 0 Å². The van der Waals surface area contributed by atoms with Crippen LogP contribution in [0.2, 0.25) is 0 Å². The minimum absolute atomic E-state index is 0.761. The van der Waals surface area contributed by atoms with Gasteiger partial charge in [0.15, 0.2) is 0 Å². The number of hydrogen-bond acceptors (Lipinski definition) is 1. The van der Waals surface area contributed by atoms with E-state index in [9.17, 15) is 0 Å². The summed E-state index contributed by atoms with van der Waals surface area (Å²) in [5.41, 5.74) is 2.91. The SMILES string of the molecule is CCCCCCCCCC1CNc2ccccc21. The summed E-state index contributed by atoms with van der Waals surface area (Å²) in [6.45, 7) is 3.43. The zero-order valence-corrected chi connectivity index (χ0v) is 11.8. The number of rotatable bonds is 8. The molecule has 100 valence electrons. The van der Waals surface area contributed by atoms with Crippen molar-refractivity contribution in [2.24, 2.45) is 0 Å². The summed E-state index contributed by atoms with van der Waals surface area (Å²) < 4.78 is 0. The van der Waals surface area contributed by atoms with E-state index in [0.717, 1.165) is 12.5 Å². The van der Waals surface area contributed by atoms with Crippen LogP contribution in [-0.4, -0.2) is 6.54 Å².